The maximum Gasteiger partial charge on any atom is 0.0672 e. The molecule has 1 aromatic rings. The zero-order chi connectivity index (χ0) is 10.1. The van der Waals surface area contributed by atoms with Gasteiger partial charge in [-0.2, -0.15) is 5.10 Å². The number of aryl methyl sites for hydroxylation is 2. The Labute approximate surface area is 79.4 Å². The molecule has 74 valence electrons. The Balaban J connectivity index is 2.79. The van der Waals surface area contributed by atoms with E-state index in [0.29, 0.717) is 6.42 Å². The Morgan fingerprint density at radius 1 is 1.62 bits per heavy atom. The molecule has 0 aliphatic carbocycles. The average Bonchev–Trinajstić information content (AvgIpc) is 2.30. The largest absolute Gasteiger partial charge is 0.390 e. The molecular weight excluding hydrogens is 164 g/mol. The highest BCUT2D eigenvalue weighted by Crippen LogP contribution is 2.16. The molecule has 1 atom stereocenters. The number of aliphatic hydroxyl groups is 1. The Bertz CT molecular complexity index is 289. The van der Waals surface area contributed by atoms with E-state index in [0.717, 1.165) is 17.8 Å². The van der Waals surface area contributed by atoms with Crippen molar-refractivity contribution in [3.05, 3.63) is 17.5 Å². The predicted molar refractivity (Wildman–Crippen MR) is 52.6 cm³/mol. The van der Waals surface area contributed by atoms with E-state index in [1.807, 2.05) is 38.6 Å². The molecule has 0 radical (unpaired) electrons. The van der Waals surface area contributed by atoms with Gasteiger partial charge in [-0.1, -0.05) is 6.92 Å². The topological polar surface area (TPSA) is 38.1 Å². The van der Waals surface area contributed by atoms with Crippen molar-refractivity contribution in [2.45, 2.75) is 39.2 Å². The van der Waals surface area contributed by atoms with Crippen LogP contribution in [-0.2, 0) is 13.5 Å². The summed E-state index contributed by atoms with van der Waals surface area (Å²) in [6.45, 7) is 5.81. The molecule has 1 N–H and O–H groups in total. The van der Waals surface area contributed by atoms with Crippen molar-refractivity contribution in [1.29, 1.82) is 0 Å². The lowest BCUT2D eigenvalue weighted by Gasteiger charge is -2.20. The Kier molecular flexibility index (Phi) is 2.76. The van der Waals surface area contributed by atoms with Gasteiger partial charge in [0.25, 0.3) is 0 Å². The molecule has 1 unspecified atom stereocenters. The first-order valence-electron chi connectivity index (χ1n) is 4.66. The van der Waals surface area contributed by atoms with Crippen LogP contribution in [0.4, 0.5) is 0 Å². The first-order valence-corrected chi connectivity index (χ1v) is 4.66. The van der Waals surface area contributed by atoms with Crippen molar-refractivity contribution in [3.8, 4) is 0 Å². The van der Waals surface area contributed by atoms with E-state index in [1.54, 1.807) is 0 Å². The number of hydrogen-bond donors (Lipinski definition) is 1. The molecule has 0 saturated heterocycles. The molecule has 0 aromatic carbocycles. The zero-order valence-corrected chi connectivity index (χ0v) is 8.83. The third kappa shape index (κ3) is 2.56. The van der Waals surface area contributed by atoms with Gasteiger partial charge in [-0.15, -0.1) is 0 Å². The van der Waals surface area contributed by atoms with Gasteiger partial charge in [0.2, 0.25) is 0 Å². The lowest BCUT2D eigenvalue weighted by molar-refractivity contribution is 0.0545. The van der Waals surface area contributed by atoms with E-state index >= 15 is 0 Å². The normalized spacial score (nSPS) is 15.8. The Morgan fingerprint density at radius 3 is 2.62 bits per heavy atom. The molecule has 1 rings (SSSR count). The van der Waals surface area contributed by atoms with E-state index in [2.05, 4.69) is 5.10 Å². The van der Waals surface area contributed by atoms with Crippen LogP contribution >= 0.6 is 0 Å². The molecule has 0 aliphatic rings. The fourth-order valence-corrected chi connectivity index (χ4v) is 1.34. The molecular formula is C10H18N2O. The molecule has 0 saturated carbocycles. The fraction of sp³-hybridized carbons (Fsp3) is 0.700. The molecule has 3 nitrogen and oxygen atoms in total. The van der Waals surface area contributed by atoms with Gasteiger partial charge < -0.3 is 5.11 Å². The highest BCUT2D eigenvalue weighted by Gasteiger charge is 2.20. The van der Waals surface area contributed by atoms with Crippen molar-refractivity contribution in [1.82, 2.24) is 9.78 Å². The summed E-state index contributed by atoms with van der Waals surface area (Å²) in [6.07, 6.45) is 1.43. The first-order chi connectivity index (χ1) is 5.94. The average molecular weight is 182 g/mol. The van der Waals surface area contributed by atoms with Gasteiger partial charge in [0, 0.05) is 19.2 Å². The van der Waals surface area contributed by atoms with Gasteiger partial charge in [-0.25, -0.2) is 0 Å². The smallest absolute Gasteiger partial charge is 0.0672 e. The fourth-order valence-electron chi connectivity index (χ4n) is 1.34. The van der Waals surface area contributed by atoms with E-state index < -0.39 is 5.60 Å². The molecule has 0 fully saturated rings. The molecule has 0 bridgehead atoms. The summed E-state index contributed by atoms with van der Waals surface area (Å²) in [4.78, 5) is 0. The van der Waals surface area contributed by atoms with Crippen LogP contribution in [-0.4, -0.2) is 20.5 Å². The van der Waals surface area contributed by atoms with Crippen molar-refractivity contribution in [3.63, 3.8) is 0 Å². The molecule has 3 heteroatoms. The van der Waals surface area contributed by atoms with E-state index in [-0.39, 0.29) is 0 Å². The SMILES string of the molecule is CCC(C)(O)Cc1cc(C)nn1C. The molecule has 0 amide bonds. The summed E-state index contributed by atoms with van der Waals surface area (Å²) < 4.78 is 1.83. The summed E-state index contributed by atoms with van der Waals surface area (Å²) in [5.41, 5.74) is 1.48. The van der Waals surface area contributed by atoms with E-state index in [4.69, 9.17) is 0 Å². The van der Waals surface area contributed by atoms with Crippen molar-refractivity contribution >= 4 is 0 Å². The maximum absolute atomic E-state index is 9.87. The monoisotopic (exact) mass is 182 g/mol. The lowest BCUT2D eigenvalue weighted by Crippen LogP contribution is -2.27. The van der Waals surface area contributed by atoms with Crippen LogP contribution in [0.1, 0.15) is 31.7 Å². The van der Waals surface area contributed by atoms with Gasteiger partial charge in [0.05, 0.1) is 11.3 Å². The second-order valence-electron chi connectivity index (χ2n) is 3.93. The van der Waals surface area contributed by atoms with Crippen molar-refractivity contribution in [2.75, 3.05) is 0 Å². The summed E-state index contributed by atoms with van der Waals surface area (Å²) in [5.74, 6) is 0. The summed E-state index contributed by atoms with van der Waals surface area (Å²) in [5, 5.41) is 14.1. The molecule has 0 aliphatic heterocycles. The Hall–Kier alpha value is -0.830. The van der Waals surface area contributed by atoms with Crippen LogP contribution < -0.4 is 0 Å². The first kappa shape index (κ1) is 10.3. The van der Waals surface area contributed by atoms with Crippen LogP contribution in [0.2, 0.25) is 0 Å². The maximum atomic E-state index is 9.87. The predicted octanol–water partition coefficient (Wildman–Crippen LogP) is 1.43. The third-order valence-corrected chi connectivity index (χ3v) is 2.42. The number of hydrogen-bond acceptors (Lipinski definition) is 2. The highest BCUT2D eigenvalue weighted by atomic mass is 16.3. The zero-order valence-electron chi connectivity index (χ0n) is 8.83. The number of rotatable bonds is 3. The van der Waals surface area contributed by atoms with E-state index in [9.17, 15) is 5.11 Å². The standard InChI is InChI=1S/C10H18N2O/c1-5-10(3,13)7-9-6-8(2)11-12(9)4/h6,13H,5,7H2,1-4H3. The lowest BCUT2D eigenvalue weighted by atomic mass is 9.97. The minimum Gasteiger partial charge on any atom is -0.390 e. The van der Waals surface area contributed by atoms with Crippen molar-refractivity contribution < 1.29 is 5.11 Å². The highest BCUT2D eigenvalue weighted by molar-refractivity contribution is 5.10. The number of nitrogens with zero attached hydrogens (tertiary/aromatic N) is 2. The number of aromatic nitrogens is 2. The van der Waals surface area contributed by atoms with Crippen LogP contribution in [0.15, 0.2) is 6.07 Å². The molecule has 1 heterocycles. The molecule has 13 heavy (non-hydrogen) atoms. The van der Waals surface area contributed by atoms with Gasteiger partial charge in [-0.05, 0) is 26.3 Å². The quantitative estimate of drug-likeness (QED) is 0.768. The summed E-state index contributed by atoms with van der Waals surface area (Å²) >= 11 is 0. The third-order valence-electron chi connectivity index (χ3n) is 2.42. The second kappa shape index (κ2) is 3.50. The second-order valence-corrected chi connectivity index (χ2v) is 3.93. The van der Waals surface area contributed by atoms with Crippen LogP contribution in [0.25, 0.3) is 0 Å². The van der Waals surface area contributed by atoms with Crippen LogP contribution in [0, 0.1) is 6.92 Å². The van der Waals surface area contributed by atoms with E-state index in [1.165, 1.54) is 0 Å². The summed E-state index contributed by atoms with van der Waals surface area (Å²) in [6, 6.07) is 2.02. The molecule has 0 spiro atoms. The van der Waals surface area contributed by atoms with Gasteiger partial charge in [0.15, 0.2) is 0 Å². The van der Waals surface area contributed by atoms with Crippen LogP contribution in [0.5, 0.6) is 0 Å². The van der Waals surface area contributed by atoms with Gasteiger partial charge >= 0.3 is 0 Å². The Morgan fingerprint density at radius 2 is 2.23 bits per heavy atom. The van der Waals surface area contributed by atoms with Crippen LogP contribution in [0.3, 0.4) is 0 Å². The van der Waals surface area contributed by atoms with Crippen molar-refractivity contribution in [2.24, 2.45) is 7.05 Å². The molecule has 1 aromatic heterocycles. The van der Waals surface area contributed by atoms with Gasteiger partial charge in [-0.3, -0.25) is 4.68 Å². The minimum absolute atomic E-state index is 0.611. The minimum atomic E-state index is -0.611. The van der Waals surface area contributed by atoms with Gasteiger partial charge in [0.1, 0.15) is 0 Å². The summed E-state index contributed by atoms with van der Waals surface area (Å²) in [7, 11) is 1.91.